The topological polar surface area (TPSA) is 127 Å². The fourth-order valence-electron chi connectivity index (χ4n) is 2.57. The molecule has 2 aromatic carbocycles. The molecule has 1 aromatic heterocycles. The van der Waals surface area contributed by atoms with Crippen LogP contribution in [0.1, 0.15) is 13.8 Å². The van der Waals surface area contributed by atoms with E-state index in [0.717, 1.165) is 12.1 Å². The summed E-state index contributed by atoms with van der Waals surface area (Å²) in [7, 11) is -3.58. The molecule has 0 aliphatic carbocycles. The van der Waals surface area contributed by atoms with Crippen molar-refractivity contribution in [3.8, 4) is 0 Å². The number of nitro benzene ring substituents is 1. The molecule has 0 amide bonds. The number of nitrogens with zero attached hydrogens (tertiary/aromatic N) is 3. The zero-order valence-corrected chi connectivity index (χ0v) is 17.9. The van der Waals surface area contributed by atoms with Crippen LogP contribution in [0.5, 0.6) is 0 Å². The van der Waals surface area contributed by atoms with E-state index in [1.165, 1.54) is 18.3 Å². The summed E-state index contributed by atoms with van der Waals surface area (Å²) in [6, 6.07) is 9.56. The van der Waals surface area contributed by atoms with Crippen molar-refractivity contribution < 1.29 is 17.7 Å². The first-order valence-electron chi connectivity index (χ1n) is 8.93. The fraction of sp³-hybridized carbons (Fsp3) is 0.158. The van der Waals surface area contributed by atoms with Crippen LogP contribution in [0.25, 0.3) is 0 Å². The van der Waals surface area contributed by atoms with Gasteiger partial charge < -0.3 is 10.6 Å². The molecule has 0 aliphatic heterocycles. The second kappa shape index (κ2) is 8.82. The van der Waals surface area contributed by atoms with Crippen molar-refractivity contribution in [3.63, 3.8) is 0 Å². The molecule has 0 atom stereocenters. The van der Waals surface area contributed by atoms with Crippen LogP contribution in [-0.2, 0) is 9.84 Å². The van der Waals surface area contributed by atoms with E-state index in [9.17, 15) is 22.9 Å². The number of rotatable bonds is 7. The molecule has 1 heterocycles. The molecular formula is C19H17ClFN5O4S. The Labute approximate surface area is 182 Å². The highest BCUT2D eigenvalue weighted by Gasteiger charge is 2.23. The molecule has 0 saturated heterocycles. The van der Waals surface area contributed by atoms with Crippen molar-refractivity contribution in [1.82, 2.24) is 9.97 Å². The van der Waals surface area contributed by atoms with Gasteiger partial charge in [0, 0.05) is 11.8 Å². The molecule has 0 unspecified atom stereocenters. The minimum Gasteiger partial charge on any atom is -0.338 e. The maximum absolute atomic E-state index is 13.5. The molecule has 0 bridgehead atoms. The van der Waals surface area contributed by atoms with Gasteiger partial charge in [-0.1, -0.05) is 23.7 Å². The van der Waals surface area contributed by atoms with Gasteiger partial charge in [0.05, 0.1) is 27.0 Å². The van der Waals surface area contributed by atoms with E-state index in [1.807, 2.05) is 0 Å². The number of hydrogen-bond donors (Lipinski definition) is 2. The van der Waals surface area contributed by atoms with Crippen LogP contribution in [-0.4, -0.2) is 28.6 Å². The van der Waals surface area contributed by atoms with Gasteiger partial charge in [-0.3, -0.25) is 10.1 Å². The average Bonchev–Trinajstić information content (AvgIpc) is 2.72. The number of halogens is 2. The summed E-state index contributed by atoms with van der Waals surface area (Å²) in [6.07, 6.45) is 1.27. The lowest BCUT2D eigenvalue weighted by molar-refractivity contribution is -0.387. The SMILES string of the molecule is CC(C)S(=O)(=O)c1ccccc1Nc1nc(Nc2ccc(F)c([N+](=O)[O-])c2)ncc1Cl. The quantitative estimate of drug-likeness (QED) is 0.374. The minimum atomic E-state index is -3.58. The summed E-state index contributed by atoms with van der Waals surface area (Å²) >= 11 is 6.16. The number of benzene rings is 2. The lowest BCUT2D eigenvalue weighted by atomic mass is 10.2. The first-order valence-corrected chi connectivity index (χ1v) is 10.9. The molecule has 2 N–H and O–H groups in total. The normalized spacial score (nSPS) is 11.4. The molecule has 162 valence electrons. The molecule has 12 heteroatoms. The van der Waals surface area contributed by atoms with E-state index < -0.39 is 31.5 Å². The van der Waals surface area contributed by atoms with Crippen LogP contribution in [0.3, 0.4) is 0 Å². The van der Waals surface area contributed by atoms with Crippen molar-refractivity contribution in [2.24, 2.45) is 0 Å². The van der Waals surface area contributed by atoms with Gasteiger partial charge in [-0.05, 0) is 38.1 Å². The van der Waals surface area contributed by atoms with Crippen LogP contribution in [0.4, 0.5) is 33.2 Å². The Morgan fingerprint density at radius 3 is 2.55 bits per heavy atom. The Balaban J connectivity index is 1.94. The van der Waals surface area contributed by atoms with E-state index in [-0.39, 0.29) is 33.1 Å². The number of nitro groups is 1. The van der Waals surface area contributed by atoms with E-state index >= 15 is 0 Å². The third-order valence-corrected chi connectivity index (χ3v) is 6.70. The molecule has 0 aliphatic rings. The third kappa shape index (κ3) is 4.89. The lowest BCUT2D eigenvalue weighted by Gasteiger charge is -2.15. The second-order valence-corrected chi connectivity index (χ2v) is 9.53. The maximum Gasteiger partial charge on any atom is 0.306 e. The van der Waals surface area contributed by atoms with Gasteiger partial charge in [-0.25, -0.2) is 13.4 Å². The smallest absolute Gasteiger partial charge is 0.306 e. The Morgan fingerprint density at radius 1 is 1.16 bits per heavy atom. The summed E-state index contributed by atoms with van der Waals surface area (Å²) in [4.78, 5) is 18.4. The molecular weight excluding hydrogens is 449 g/mol. The van der Waals surface area contributed by atoms with Gasteiger partial charge in [-0.2, -0.15) is 9.37 Å². The molecule has 0 spiro atoms. The molecule has 0 saturated carbocycles. The summed E-state index contributed by atoms with van der Waals surface area (Å²) in [5.74, 6) is -0.850. The highest BCUT2D eigenvalue weighted by molar-refractivity contribution is 7.92. The fourth-order valence-corrected chi connectivity index (χ4v) is 3.91. The van der Waals surface area contributed by atoms with Gasteiger partial charge in [-0.15, -0.1) is 0 Å². The molecule has 3 rings (SSSR count). The largest absolute Gasteiger partial charge is 0.338 e. The van der Waals surface area contributed by atoms with Crippen LogP contribution in [0.15, 0.2) is 53.6 Å². The number of hydrogen-bond acceptors (Lipinski definition) is 8. The molecule has 3 aromatic rings. The van der Waals surface area contributed by atoms with Crippen molar-refractivity contribution in [2.75, 3.05) is 10.6 Å². The van der Waals surface area contributed by atoms with Gasteiger partial charge in [0.2, 0.25) is 11.8 Å². The summed E-state index contributed by atoms with van der Waals surface area (Å²) in [6.45, 7) is 3.15. The van der Waals surface area contributed by atoms with E-state index in [1.54, 1.807) is 32.0 Å². The Bertz CT molecular complexity index is 1250. The summed E-state index contributed by atoms with van der Waals surface area (Å²) in [5, 5.41) is 16.0. The van der Waals surface area contributed by atoms with E-state index in [0.29, 0.717) is 0 Å². The predicted octanol–water partition coefficient (Wildman–Crippen LogP) is 4.85. The standard InChI is InChI=1S/C19H17ClFN5O4S/c1-11(2)31(29,30)17-6-4-3-5-15(17)24-18-13(20)10-22-19(25-18)23-12-7-8-14(21)16(9-12)26(27)28/h3-11H,1-2H3,(H2,22,23,24,25). The zero-order valence-electron chi connectivity index (χ0n) is 16.3. The van der Waals surface area contributed by atoms with Crippen molar-refractivity contribution in [2.45, 2.75) is 24.0 Å². The van der Waals surface area contributed by atoms with Crippen LogP contribution >= 0.6 is 11.6 Å². The molecule has 9 nitrogen and oxygen atoms in total. The highest BCUT2D eigenvalue weighted by atomic mass is 35.5. The van der Waals surface area contributed by atoms with E-state index in [2.05, 4.69) is 20.6 Å². The maximum atomic E-state index is 13.5. The van der Waals surface area contributed by atoms with Crippen molar-refractivity contribution >= 4 is 50.3 Å². The van der Waals surface area contributed by atoms with E-state index in [4.69, 9.17) is 11.6 Å². The van der Waals surface area contributed by atoms with Gasteiger partial charge in [0.1, 0.15) is 5.02 Å². The van der Waals surface area contributed by atoms with Crippen LogP contribution in [0, 0.1) is 15.9 Å². The Kier molecular flexibility index (Phi) is 6.37. The number of para-hydroxylation sites is 1. The minimum absolute atomic E-state index is 0.0111. The predicted molar refractivity (Wildman–Crippen MR) is 115 cm³/mol. The van der Waals surface area contributed by atoms with Crippen molar-refractivity contribution in [1.29, 1.82) is 0 Å². The number of anilines is 4. The second-order valence-electron chi connectivity index (χ2n) is 6.65. The lowest BCUT2D eigenvalue weighted by Crippen LogP contribution is -2.15. The zero-order chi connectivity index (χ0) is 22.8. The highest BCUT2D eigenvalue weighted by Crippen LogP contribution is 2.31. The van der Waals surface area contributed by atoms with Gasteiger partial charge in [0.25, 0.3) is 0 Å². The molecule has 31 heavy (non-hydrogen) atoms. The monoisotopic (exact) mass is 465 g/mol. The Morgan fingerprint density at radius 2 is 1.87 bits per heavy atom. The van der Waals surface area contributed by atoms with Gasteiger partial charge >= 0.3 is 5.69 Å². The van der Waals surface area contributed by atoms with Gasteiger partial charge in [0.15, 0.2) is 15.7 Å². The molecule has 0 fully saturated rings. The number of nitrogens with one attached hydrogen (secondary N) is 2. The Hall–Kier alpha value is -3.31. The number of aromatic nitrogens is 2. The summed E-state index contributed by atoms with van der Waals surface area (Å²) < 4.78 is 38.8. The first kappa shape index (κ1) is 22.4. The third-order valence-electron chi connectivity index (χ3n) is 4.21. The summed E-state index contributed by atoms with van der Waals surface area (Å²) in [5.41, 5.74) is -0.241. The van der Waals surface area contributed by atoms with Crippen molar-refractivity contribution in [3.05, 3.63) is 69.6 Å². The first-order chi connectivity index (χ1) is 14.6. The van der Waals surface area contributed by atoms with Crippen LogP contribution < -0.4 is 10.6 Å². The molecule has 0 radical (unpaired) electrons. The van der Waals surface area contributed by atoms with Crippen LogP contribution in [0.2, 0.25) is 5.02 Å². The number of sulfone groups is 1. The average molecular weight is 466 g/mol.